The Hall–Kier alpha value is -2.45. The third-order valence-corrected chi connectivity index (χ3v) is 7.68. The van der Waals surface area contributed by atoms with Gasteiger partial charge in [-0.05, 0) is 44.8 Å². The summed E-state index contributed by atoms with van der Waals surface area (Å²) in [6, 6.07) is 7.38. The van der Waals surface area contributed by atoms with Crippen molar-refractivity contribution in [1.29, 1.82) is 0 Å². The van der Waals surface area contributed by atoms with E-state index >= 15 is 0 Å². The van der Waals surface area contributed by atoms with Crippen molar-refractivity contribution in [2.45, 2.75) is 64.5 Å². The number of amides is 2. The number of nitrogens with zero attached hydrogens (tertiary/aromatic N) is 3. The normalized spacial score (nSPS) is 21.5. The van der Waals surface area contributed by atoms with Gasteiger partial charge in [0, 0.05) is 30.5 Å². The highest BCUT2D eigenvalue weighted by molar-refractivity contribution is 7.13. The van der Waals surface area contributed by atoms with E-state index in [1.54, 1.807) is 7.11 Å². The van der Waals surface area contributed by atoms with Gasteiger partial charge in [-0.25, -0.2) is 4.98 Å². The van der Waals surface area contributed by atoms with Crippen molar-refractivity contribution in [3.05, 3.63) is 40.9 Å². The molecule has 2 aromatic rings. The first-order valence-electron chi connectivity index (χ1n) is 12.5. The lowest BCUT2D eigenvalue weighted by molar-refractivity contribution is -0.142. The summed E-state index contributed by atoms with van der Waals surface area (Å²) in [5, 5.41) is 5.74. The lowest BCUT2D eigenvalue weighted by Crippen LogP contribution is -2.47. The summed E-state index contributed by atoms with van der Waals surface area (Å²) in [5.41, 5.74) is 1.89. The zero-order valence-corrected chi connectivity index (χ0v) is 21.1. The van der Waals surface area contributed by atoms with Crippen molar-refractivity contribution in [3.63, 3.8) is 0 Å². The number of unbranched alkanes of at least 4 members (excludes halogenated alkanes) is 1. The molecule has 8 heteroatoms. The zero-order chi connectivity index (χ0) is 23.9. The van der Waals surface area contributed by atoms with E-state index in [4.69, 9.17) is 9.72 Å². The van der Waals surface area contributed by atoms with E-state index in [1.165, 1.54) is 30.6 Å². The van der Waals surface area contributed by atoms with E-state index in [9.17, 15) is 9.59 Å². The predicted molar refractivity (Wildman–Crippen MR) is 135 cm³/mol. The molecule has 0 aliphatic carbocycles. The highest BCUT2D eigenvalue weighted by Crippen LogP contribution is 2.41. The van der Waals surface area contributed by atoms with Gasteiger partial charge in [-0.1, -0.05) is 38.0 Å². The molecular weight excluding hydrogens is 448 g/mol. The molecule has 3 heterocycles. The van der Waals surface area contributed by atoms with Crippen LogP contribution in [0.1, 0.15) is 69.2 Å². The summed E-state index contributed by atoms with van der Waals surface area (Å²) < 4.78 is 5.62. The molecule has 1 N–H and O–H groups in total. The quantitative estimate of drug-likeness (QED) is 0.550. The molecule has 184 valence electrons. The Bertz CT molecular complexity index is 972. The second-order valence-corrected chi connectivity index (χ2v) is 10.1. The minimum atomic E-state index is -0.361. The third kappa shape index (κ3) is 5.78. The molecule has 2 aliphatic heterocycles. The van der Waals surface area contributed by atoms with E-state index < -0.39 is 0 Å². The van der Waals surface area contributed by atoms with E-state index in [0.717, 1.165) is 43.7 Å². The number of ether oxygens (including phenoxy) is 1. The molecule has 2 atom stereocenters. The number of hydrogen-bond donors (Lipinski definition) is 1. The fourth-order valence-corrected chi connectivity index (χ4v) is 5.80. The number of rotatable bonds is 9. The fraction of sp³-hybridized carbons (Fsp3) is 0.577. The van der Waals surface area contributed by atoms with Gasteiger partial charge in [-0.15, -0.1) is 11.3 Å². The summed E-state index contributed by atoms with van der Waals surface area (Å²) in [5.74, 6) is 0.370. The van der Waals surface area contributed by atoms with Crippen LogP contribution in [0, 0.1) is 5.92 Å². The van der Waals surface area contributed by atoms with Crippen LogP contribution < -0.4 is 10.1 Å². The molecule has 34 heavy (non-hydrogen) atoms. The van der Waals surface area contributed by atoms with Crippen molar-refractivity contribution in [2.75, 3.05) is 32.1 Å². The van der Waals surface area contributed by atoms with Crippen LogP contribution >= 0.6 is 11.3 Å². The van der Waals surface area contributed by atoms with Crippen molar-refractivity contribution in [2.24, 2.45) is 5.92 Å². The number of hydrogen-bond acceptors (Lipinski definition) is 6. The summed E-state index contributed by atoms with van der Waals surface area (Å²) in [6.45, 7) is 5.81. The second kappa shape index (κ2) is 11.8. The first-order valence-corrected chi connectivity index (χ1v) is 13.4. The summed E-state index contributed by atoms with van der Waals surface area (Å²) >= 11 is 1.48. The Morgan fingerprint density at radius 1 is 1.24 bits per heavy atom. The number of carbonyl (C=O) groups excluding carboxylic acids is 2. The highest BCUT2D eigenvalue weighted by Gasteiger charge is 2.41. The molecule has 0 spiro atoms. The Balaban J connectivity index is 1.53. The Labute approximate surface area is 206 Å². The minimum absolute atomic E-state index is 0.0798. The summed E-state index contributed by atoms with van der Waals surface area (Å²) in [4.78, 5) is 35.5. The van der Waals surface area contributed by atoms with E-state index in [1.807, 2.05) is 34.5 Å². The molecule has 7 nitrogen and oxygen atoms in total. The van der Waals surface area contributed by atoms with Gasteiger partial charge in [-0.2, -0.15) is 0 Å². The van der Waals surface area contributed by atoms with Crippen LogP contribution in [0.25, 0.3) is 0 Å². The van der Waals surface area contributed by atoms with Crippen LogP contribution in [0.15, 0.2) is 29.6 Å². The summed E-state index contributed by atoms with van der Waals surface area (Å²) in [6.07, 6.45) is 6.57. The number of para-hydroxylation sites is 1. The number of carbonyl (C=O) groups is 2. The van der Waals surface area contributed by atoms with Gasteiger partial charge in [-0.3, -0.25) is 14.5 Å². The van der Waals surface area contributed by atoms with Gasteiger partial charge in [0.25, 0.3) is 0 Å². The van der Waals surface area contributed by atoms with E-state index in [0.29, 0.717) is 30.3 Å². The largest absolute Gasteiger partial charge is 0.496 e. The third-order valence-electron chi connectivity index (χ3n) is 6.87. The van der Waals surface area contributed by atoms with Crippen LogP contribution in [0.3, 0.4) is 0 Å². The van der Waals surface area contributed by atoms with Crippen LogP contribution in [0.4, 0.5) is 5.13 Å². The molecule has 2 aliphatic rings. The number of piperidine rings is 2. The Kier molecular flexibility index (Phi) is 8.56. The molecule has 2 saturated heterocycles. The van der Waals surface area contributed by atoms with Crippen molar-refractivity contribution < 1.29 is 14.3 Å². The number of nitrogens with one attached hydrogen (secondary N) is 1. The molecule has 0 bridgehead atoms. The maximum atomic E-state index is 13.5. The smallest absolute Gasteiger partial charge is 0.231 e. The standard InChI is InChI=1S/C26H36N4O3S/c1-3-4-16-30-23(31)13-12-21(24(30)20-10-6-7-11-22(20)33-2)25(32)28-26-27-19(18-34-26)17-29-14-8-5-9-15-29/h6-7,10-11,18,21,24H,3-5,8-9,12-17H2,1-2H3,(H,27,28,32). The second-order valence-electron chi connectivity index (χ2n) is 9.24. The Morgan fingerprint density at radius 2 is 2.03 bits per heavy atom. The molecule has 2 fully saturated rings. The number of methoxy groups -OCH3 is 1. The van der Waals surface area contributed by atoms with Gasteiger partial charge < -0.3 is 15.0 Å². The van der Waals surface area contributed by atoms with Crippen LogP contribution in [0.5, 0.6) is 5.75 Å². The van der Waals surface area contributed by atoms with E-state index in [2.05, 4.69) is 17.1 Å². The number of likely N-dealkylation sites (tertiary alicyclic amines) is 2. The lowest BCUT2D eigenvalue weighted by Gasteiger charge is -2.41. The average molecular weight is 485 g/mol. The van der Waals surface area contributed by atoms with Crippen LogP contribution in [0.2, 0.25) is 0 Å². The number of aromatic nitrogens is 1. The zero-order valence-electron chi connectivity index (χ0n) is 20.3. The van der Waals surface area contributed by atoms with Gasteiger partial charge in [0.1, 0.15) is 5.75 Å². The topological polar surface area (TPSA) is 74.8 Å². The van der Waals surface area contributed by atoms with Crippen LogP contribution in [-0.4, -0.2) is 53.3 Å². The minimum Gasteiger partial charge on any atom is -0.496 e. The number of thiazole rings is 1. The van der Waals surface area contributed by atoms with Crippen LogP contribution in [-0.2, 0) is 16.1 Å². The monoisotopic (exact) mass is 484 g/mol. The van der Waals surface area contributed by atoms with Crippen molar-refractivity contribution in [1.82, 2.24) is 14.8 Å². The molecule has 0 radical (unpaired) electrons. The molecule has 0 saturated carbocycles. The Morgan fingerprint density at radius 3 is 2.79 bits per heavy atom. The molecule has 1 aromatic heterocycles. The first-order chi connectivity index (χ1) is 16.6. The average Bonchev–Trinajstić information content (AvgIpc) is 3.30. The fourth-order valence-electron chi connectivity index (χ4n) is 5.10. The molecular formula is C26H36N4O3S. The highest BCUT2D eigenvalue weighted by atomic mass is 32.1. The maximum absolute atomic E-state index is 13.5. The van der Waals surface area contributed by atoms with Gasteiger partial charge >= 0.3 is 0 Å². The SMILES string of the molecule is CCCCN1C(=O)CCC(C(=O)Nc2nc(CN3CCCCC3)cs2)C1c1ccccc1OC. The molecule has 2 amide bonds. The van der Waals surface area contributed by atoms with Gasteiger partial charge in [0.2, 0.25) is 11.8 Å². The number of anilines is 1. The van der Waals surface area contributed by atoms with Gasteiger partial charge in [0.05, 0.1) is 24.8 Å². The summed E-state index contributed by atoms with van der Waals surface area (Å²) in [7, 11) is 1.63. The van der Waals surface area contributed by atoms with Gasteiger partial charge in [0.15, 0.2) is 5.13 Å². The molecule has 1 aromatic carbocycles. The molecule has 4 rings (SSSR count). The van der Waals surface area contributed by atoms with E-state index in [-0.39, 0.29) is 23.8 Å². The van der Waals surface area contributed by atoms with Crippen molar-refractivity contribution in [3.8, 4) is 5.75 Å². The lowest BCUT2D eigenvalue weighted by atomic mass is 9.83. The number of benzene rings is 1. The predicted octanol–water partition coefficient (Wildman–Crippen LogP) is 4.86. The molecule has 2 unspecified atom stereocenters. The first kappa shape index (κ1) is 24.7. The maximum Gasteiger partial charge on any atom is 0.231 e. The van der Waals surface area contributed by atoms with Crippen molar-refractivity contribution >= 4 is 28.3 Å².